The van der Waals surface area contributed by atoms with Crippen LogP contribution in [0.4, 0.5) is 14.5 Å². The molecule has 1 fully saturated rings. The number of rotatable bonds is 5. The molecule has 1 saturated heterocycles. The molecule has 0 aromatic heterocycles. The van der Waals surface area contributed by atoms with Crippen LogP contribution in [0.25, 0.3) is 0 Å². The third-order valence-electron chi connectivity index (χ3n) is 6.16. The van der Waals surface area contributed by atoms with Gasteiger partial charge in [0.25, 0.3) is 0 Å². The van der Waals surface area contributed by atoms with Gasteiger partial charge >= 0.3 is 0 Å². The summed E-state index contributed by atoms with van der Waals surface area (Å²) in [6.07, 6.45) is 0. The molecule has 3 unspecified atom stereocenters. The maximum Gasteiger partial charge on any atom is 0.123 e. The molecule has 2 N–H and O–H groups in total. The minimum absolute atomic E-state index is 0.00831. The third kappa shape index (κ3) is 3.89. The Morgan fingerprint density at radius 3 is 2.48 bits per heavy atom. The summed E-state index contributed by atoms with van der Waals surface area (Å²) in [4.78, 5) is 2.22. The summed E-state index contributed by atoms with van der Waals surface area (Å²) < 4.78 is 33.5. The molecule has 0 radical (unpaired) electrons. The van der Waals surface area contributed by atoms with Crippen LogP contribution >= 0.6 is 0 Å². The number of benzene rings is 3. The molecule has 160 valence electrons. The lowest BCUT2D eigenvalue weighted by molar-refractivity contribution is 0.339. The number of fused-ring (bicyclic) bond motifs is 3. The molecule has 2 aliphatic heterocycles. The molecule has 6 heteroatoms. The average molecular weight is 421 g/mol. The van der Waals surface area contributed by atoms with Crippen molar-refractivity contribution in [3.8, 4) is 5.75 Å². The molecule has 0 saturated carbocycles. The highest BCUT2D eigenvalue weighted by Gasteiger charge is 2.43. The third-order valence-corrected chi connectivity index (χ3v) is 6.16. The van der Waals surface area contributed by atoms with Gasteiger partial charge in [-0.15, -0.1) is 0 Å². The van der Waals surface area contributed by atoms with E-state index in [0.717, 1.165) is 34.7 Å². The van der Waals surface area contributed by atoms with Gasteiger partial charge in [-0.2, -0.15) is 0 Å². The van der Waals surface area contributed by atoms with Gasteiger partial charge in [-0.1, -0.05) is 24.3 Å². The topological polar surface area (TPSA) is 36.5 Å². The molecular formula is C25H25F2N3O. The van der Waals surface area contributed by atoms with E-state index in [0.29, 0.717) is 13.2 Å². The summed E-state index contributed by atoms with van der Waals surface area (Å²) in [5.41, 5.74) is 10.8. The highest BCUT2D eigenvalue weighted by atomic mass is 19.1. The Morgan fingerprint density at radius 2 is 1.71 bits per heavy atom. The smallest absolute Gasteiger partial charge is 0.123 e. The van der Waals surface area contributed by atoms with Gasteiger partial charge in [0, 0.05) is 24.7 Å². The van der Waals surface area contributed by atoms with E-state index in [1.54, 1.807) is 18.2 Å². The number of anilines is 1. The lowest BCUT2D eigenvalue weighted by atomic mass is 9.82. The minimum Gasteiger partial charge on any atom is -0.494 e. The molecule has 5 rings (SSSR count). The van der Waals surface area contributed by atoms with E-state index < -0.39 is 0 Å². The molecule has 31 heavy (non-hydrogen) atoms. The summed E-state index contributed by atoms with van der Waals surface area (Å²) >= 11 is 0. The molecule has 2 heterocycles. The summed E-state index contributed by atoms with van der Waals surface area (Å²) in [5, 5.41) is 0. The largest absolute Gasteiger partial charge is 0.494 e. The van der Waals surface area contributed by atoms with Gasteiger partial charge in [0.15, 0.2) is 0 Å². The van der Waals surface area contributed by atoms with Crippen molar-refractivity contribution in [2.24, 2.45) is 5.92 Å². The minimum atomic E-state index is -0.253. The van der Waals surface area contributed by atoms with E-state index >= 15 is 0 Å². The zero-order chi connectivity index (χ0) is 21.4. The van der Waals surface area contributed by atoms with Gasteiger partial charge in [0.1, 0.15) is 17.4 Å². The number of nitrogens with zero attached hydrogens (tertiary/aromatic N) is 1. The molecule has 0 amide bonds. The van der Waals surface area contributed by atoms with Gasteiger partial charge < -0.3 is 9.64 Å². The average Bonchev–Trinajstić information content (AvgIpc) is 3.18. The maximum absolute atomic E-state index is 14.2. The number of hydrazine groups is 1. The van der Waals surface area contributed by atoms with Crippen molar-refractivity contribution >= 4 is 5.69 Å². The summed E-state index contributed by atoms with van der Waals surface area (Å²) in [7, 11) is 0. The van der Waals surface area contributed by atoms with E-state index in [2.05, 4.69) is 27.9 Å². The van der Waals surface area contributed by atoms with Crippen LogP contribution in [0.1, 0.15) is 35.7 Å². The van der Waals surface area contributed by atoms with Crippen molar-refractivity contribution in [3.63, 3.8) is 0 Å². The SMILES string of the molecule is CCOc1ccc(C2NNC3c4cc(F)ccc4N(Cc4cccc(F)c4)CC23)cc1. The second kappa shape index (κ2) is 8.29. The van der Waals surface area contributed by atoms with E-state index in [1.807, 2.05) is 31.2 Å². The van der Waals surface area contributed by atoms with Crippen molar-refractivity contribution in [2.45, 2.75) is 25.6 Å². The first-order chi connectivity index (χ1) is 15.1. The van der Waals surface area contributed by atoms with Crippen molar-refractivity contribution in [1.82, 2.24) is 10.9 Å². The van der Waals surface area contributed by atoms with E-state index in [-0.39, 0.29) is 29.6 Å². The number of ether oxygens (including phenoxy) is 1. The predicted molar refractivity (Wildman–Crippen MR) is 117 cm³/mol. The summed E-state index contributed by atoms with van der Waals surface area (Å²) in [6.45, 7) is 3.92. The van der Waals surface area contributed by atoms with E-state index in [4.69, 9.17) is 4.74 Å². The van der Waals surface area contributed by atoms with Gasteiger partial charge in [-0.05, 0) is 66.1 Å². The molecule has 3 aromatic carbocycles. The van der Waals surface area contributed by atoms with Crippen molar-refractivity contribution in [1.29, 1.82) is 0 Å². The van der Waals surface area contributed by atoms with Crippen molar-refractivity contribution in [2.75, 3.05) is 18.1 Å². The zero-order valence-electron chi connectivity index (χ0n) is 17.3. The molecule has 0 aliphatic carbocycles. The zero-order valence-corrected chi connectivity index (χ0v) is 17.3. The molecule has 4 nitrogen and oxygen atoms in total. The number of nitrogens with one attached hydrogen (secondary N) is 2. The molecule has 3 atom stereocenters. The second-order valence-corrected chi connectivity index (χ2v) is 8.12. The molecule has 3 aromatic rings. The lowest BCUT2D eigenvalue weighted by Gasteiger charge is -2.39. The fraction of sp³-hybridized carbons (Fsp3) is 0.280. The lowest BCUT2D eigenvalue weighted by Crippen LogP contribution is -2.39. The van der Waals surface area contributed by atoms with Crippen LogP contribution in [-0.2, 0) is 6.54 Å². The number of halogens is 2. The van der Waals surface area contributed by atoms with E-state index in [1.165, 1.54) is 12.1 Å². The first-order valence-corrected chi connectivity index (χ1v) is 10.6. The first-order valence-electron chi connectivity index (χ1n) is 10.6. The fourth-order valence-corrected chi connectivity index (χ4v) is 4.79. The highest BCUT2D eigenvalue weighted by molar-refractivity contribution is 5.59. The Morgan fingerprint density at radius 1 is 0.935 bits per heavy atom. The maximum atomic E-state index is 14.2. The van der Waals surface area contributed by atoms with Crippen LogP contribution in [-0.4, -0.2) is 13.2 Å². The van der Waals surface area contributed by atoms with Crippen LogP contribution in [0.15, 0.2) is 66.7 Å². The van der Waals surface area contributed by atoms with Crippen LogP contribution in [0.3, 0.4) is 0 Å². The summed E-state index contributed by atoms with van der Waals surface area (Å²) in [6, 6.07) is 19.8. The number of hydrogen-bond acceptors (Lipinski definition) is 4. The van der Waals surface area contributed by atoms with Crippen LogP contribution in [0, 0.1) is 17.6 Å². The van der Waals surface area contributed by atoms with E-state index in [9.17, 15) is 8.78 Å². The highest BCUT2D eigenvalue weighted by Crippen LogP contribution is 2.45. The van der Waals surface area contributed by atoms with Gasteiger partial charge in [-0.25, -0.2) is 19.6 Å². The monoisotopic (exact) mass is 421 g/mol. The van der Waals surface area contributed by atoms with Gasteiger partial charge in [-0.3, -0.25) is 0 Å². The standard InChI is InChI=1S/C25H25F2N3O/c1-2-31-20-9-6-17(7-10-20)24-22-15-30(14-16-4-3-5-18(26)12-16)23-11-8-19(27)13-21(23)25(22)29-28-24/h3-13,22,24-25,28-29H,2,14-15H2,1H3. The van der Waals surface area contributed by atoms with Crippen LogP contribution < -0.4 is 20.5 Å². The van der Waals surface area contributed by atoms with Crippen molar-refractivity contribution in [3.05, 3.63) is 95.1 Å². The molecule has 0 bridgehead atoms. The molecule has 0 spiro atoms. The van der Waals surface area contributed by atoms with Gasteiger partial charge in [0.05, 0.1) is 18.7 Å². The molecule has 2 aliphatic rings. The Labute approximate surface area is 180 Å². The predicted octanol–water partition coefficient (Wildman–Crippen LogP) is 4.89. The fourth-order valence-electron chi connectivity index (χ4n) is 4.79. The molecular weight excluding hydrogens is 396 g/mol. The van der Waals surface area contributed by atoms with Crippen LogP contribution in [0.2, 0.25) is 0 Å². The van der Waals surface area contributed by atoms with Gasteiger partial charge in [0.2, 0.25) is 0 Å². The summed E-state index contributed by atoms with van der Waals surface area (Å²) in [5.74, 6) is 0.526. The quantitative estimate of drug-likeness (QED) is 0.615. The van der Waals surface area contributed by atoms with Crippen LogP contribution in [0.5, 0.6) is 5.75 Å². The Balaban J connectivity index is 1.47. The Kier molecular flexibility index (Phi) is 5.34. The van der Waals surface area contributed by atoms with Crippen molar-refractivity contribution < 1.29 is 13.5 Å². The normalized spacial score (nSPS) is 22.2. The number of hydrogen-bond donors (Lipinski definition) is 2. The Hall–Kier alpha value is -2.96. The Bertz CT molecular complexity index is 1070. The second-order valence-electron chi connectivity index (χ2n) is 8.12. The first kappa shape index (κ1) is 20.0.